The number of thiophene rings is 1. The smallest absolute Gasteiger partial charge is 0.137 e. The maximum absolute atomic E-state index is 6.39. The highest BCUT2D eigenvalue weighted by atomic mass is 32.1. The van der Waals surface area contributed by atoms with Crippen LogP contribution in [0.2, 0.25) is 0 Å². The molecule has 0 aliphatic carbocycles. The Bertz CT molecular complexity index is 860. The summed E-state index contributed by atoms with van der Waals surface area (Å²) in [4.78, 5) is 7.12. The first-order chi connectivity index (χ1) is 12.2. The van der Waals surface area contributed by atoms with E-state index in [9.17, 15) is 0 Å². The van der Waals surface area contributed by atoms with Crippen molar-refractivity contribution in [1.82, 2.24) is 9.88 Å². The van der Waals surface area contributed by atoms with Crippen LogP contribution in [-0.2, 0) is 13.1 Å². The zero-order valence-corrected chi connectivity index (χ0v) is 15.4. The van der Waals surface area contributed by atoms with Gasteiger partial charge in [0.25, 0.3) is 0 Å². The molecule has 0 bridgehead atoms. The molecule has 3 nitrogen and oxygen atoms in total. The molecule has 0 unspecified atom stereocenters. The molecule has 1 aliphatic heterocycles. The van der Waals surface area contributed by atoms with Gasteiger partial charge in [-0.2, -0.15) is 11.3 Å². The van der Waals surface area contributed by atoms with E-state index in [1.807, 2.05) is 13.0 Å². The molecule has 1 aliphatic rings. The lowest BCUT2D eigenvalue weighted by Gasteiger charge is -2.23. The van der Waals surface area contributed by atoms with Crippen molar-refractivity contribution < 1.29 is 4.74 Å². The number of aromatic nitrogens is 1. The van der Waals surface area contributed by atoms with Gasteiger partial charge in [-0.3, -0.25) is 9.88 Å². The minimum Gasteiger partial charge on any atom is -0.484 e. The minimum atomic E-state index is 0.0556. The van der Waals surface area contributed by atoms with Crippen molar-refractivity contribution in [2.75, 3.05) is 6.54 Å². The Morgan fingerprint density at radius 2 is 2.12 bits per heavy atom. The number of rotatable bonds is 3. The monoisotopic (exact) mass is 350 g/mol. The highest BCUT2D eigenvalue weighted by Gasteiger charge is 2.25. The molecule has 128 valence electrons. The van der Waals surface area contributed by atoms with Crippen LogP contribution in [0, 0.1) is 13.8 Å². The van der Waals surface area contributed by atoms with Crippen LogP contribution in [0.5, 0.6) is 5.75 Å². The predicted octanol–water partition coefficient (Wildman–Crippen LogP) is 4.90. The lowest BCUT2D eigenvalue weighted by molar-refractivity contribution is 0.143. The van der Waals surface area contributed by atoms with Crippen LogP contribution in [0.4, 0.5) is 0 Å². The molecule has 0 radical (unpaired) electrons. The zero-order valence-electron chi connectivity index (χ0n) is 14.6. The van der Waals surface area contributed by atoms with Crippen molar-refractivity contribution in [3.8, 4) is 5.75 Å². The number of hydrogen-bond acceptors (Lipinski definition) is 4. The molecular formula is C21H22N2OS. The second-order valence-corrected chi connectivity index (χ2v) is 7.49. The number of aryl methyl sites for hydroxylation is 2. The highest BCUT2D eigenvalue weighted by Crippen LogP contribution is 2.33. The molecule has 3 heterocycles. The maximum atomic E-state index is 6.39. The summed E-state index contributed by atoms with van der Waals surface area (Å²) in [6, 6.07) is 14.9. The Morgan fingerprint density at radius 3 is 2.92 bits per heavy atom. The van der Waals surface area contributed by atoms with Crippen LogP contribution in [0.25, 0.3) is 0 Å². The number of pyridine rings is 1. The van der Waals surface area contributed by atoms with Crippen molar-refractivity contribution >= 4 is 11.3 Å². The molecule has 4 heteroatoms. The number of nitrogens with zero attached hydrogens (tertiary/aromatic N) is 2. The van der Waals surface area contributed by atoms with Gasteiger partial charge in [-0.25, -0.2) is 0 Å². The molecule has 1 atom stereocenters. The number of benzene rings is 1. The fourth-order valence-electron chi connectivity index (χ4n) is 3.35. The molecular weight excluding hydrogens is 328 g/mol. The number of ether oxygens (including phenoxy) is 1. The highest BCUT2D eigenvalue weighted by molar-refractivity contribution is 7.07. The summed E-state index contributed by atoms with van der Waals surface area (Å²) in [5.41, 5.74) is 5.95. The molecule has 0 N–H and O–H groups in total. The Balaban J connectivity index is 1.66. The fourth-order valence-corrected chi connectivity index (χ4v) is 4.05. The number of fused-ring (bicyclic) bond motifs is 1. The van der Waals surface area contributed by atoms with Gasteiger partial charge in [0.05, 0.1) is 5.69 Å². The summed E-state index contributed by atoms with van der Waals surface area (Å²) in [5, 5.41) is 4.30. The van der Waals surface area contributed by atoms with Crippen molar-refractivity contribution in [2.45, 2.75) is 33.0 Å². The van der Waals surface area contributed by atoms with Gasteiger partial charge in [0, 0.05) is 36.5 Å². The molecule has 3 aromatic rings. The summed E-state index contributed by atoms with van der Waals surface area (Å²) in [7, 11) is 0. The van der Waals surface area contributed by atoms with Gasteiger partial charge >= 0.3 is 0 Å². The second-order valence-electron chi connectivity index (χ2n) is 6.71. The molecule has 0 spiro atoms. The standard InChI is InChI=1S/C21H22N2OS/c1-15-6-7-20-18(10-15)11-23(12-19-5-3-4-16(2)22-19)13-21(24-20)17-8-9-25-14-17/h3-10,14,21H,11-13H2,1-2H3/t21-/m1/s1. The van der Waals surface area contributed by atoms with Gasteiger partial charge in [-0.1, -0.05) is 23.8 Å². The Hall–Kier alpha value is -2.17. The molecule has 0 saturated heterocycles. The van der Waals surface area contributed by atoms with Gasteiger partial charge in [0.2, 0.25) is 0 Å². The SMILES string of the molecule is Cc1ccc2c(c1)CN(Cc1cccc(C)n1)C[C@H](c1ccsc1)O2. The topological polar surface area (TPSA) is 25.4 Å². The first-order valence-corrected chi connectivity index (χ1v) is 9.55. The minimum absolute atomic E-state index is 0.0556. The van der Waals surface area contributed by atoms with Crippen LogP contribution >= 0.6 is 11.3 Å². The molecule has 0 amide bonds. The zero-order chi connectivity index (χ0) is 17.2. The lowest BCUT2D eigenvalue weighted by Crippen LogP contribution is -2.28. The Morgan fingerprint density at radius 1 is 1.20 bits per heavy atom. The molecule has 25 heavy (non-hydrogen) atoms. The predicted molar refractivity (Wildman–Crippen MR) is 102 cm³/mol. The van der Waals surface area contributed by atoms with E-state index < -0.39 is 0 Å². The summed E-state index contributed by atoms with van der Waals surface area (Å²) >= 11 is 1.72. The van der Waals surface area contributed by atoms with E-state index in [4.69, 9.17) is 4.74 Å². The van der Waals surface area contributed by atoms with Crippen molar-refractivity contribution in [1.29, 1.82) is 0 Å². The first kappa shape index (κ1) is 16.3. The van der Waals surface area contributed by atoms with Crippen LogP contribution in [0.3, 0.4) is 0 Å². The number of hydrogen-bond donors (Lipinski definition) is 0. The van der Waals surface area contributed by atoms with Gasteiger partial charge in [-0.15, -0.1) is 0 Å². The molecule has 0 fully saturated rings. The van der Waals surface area contributed by atoms with Crippen LogP contribution in [0.15, 0.2) is 53.2 Å². The van der Waals surface area contributed by atoms with Crippen molar-refractivity contribution in [2.24, 2.45) is 0 Å². The summed E-state index contributed by atoms with van der Waals surface area (Å²) in [6.45, 7) is 6.75. The molecule has 4 rings (SSSR count). The third-order valence-corrected chi connectivity index (χ3v) is 5.25. The summed E-state index contributed by atoms with van der Waals surface area (Å²) < 4.78 is 6.39. The lowest BCUT2D eigenvalue weighted by atomic mass is 10.1. The van der Waals surface area contributed by atoms with Crippen LogP contribution < -0.4 is 4.74 Å². The fraction of sp³-hybridized carbons (Fsp3) is 0.286. The quantitative estimate of drug-likeness (QED) is 0.672. The van der Waals surface area contributed by atoms with E-state index in [2.05, 4.69) is 64.0 Å². The first-order valence-electron chi connectivity index (χ1n) is 8.60. The van der Waals surface area contributed by atoms with Gasteiger partial charge in [-0.05, 0) is 48.9 Å². The van der Waals surface area contributed by atoms with Gasteiger partial charge in [0.15, 0.2) is 0 Å². The molecule has 1 aromatic carbocycles. The molecule has 2 aromatic heterocycles. The largest absolute Gasteiger partial charge is 0.484 e. The van der Waals surface area contributed by atoms with E-state index >= 15 is 0 Å². The third-order valence-electron chi connectivity index (χ3n) is 4.55. The maximum Gasteiger partial charge on any atom is 0.137 e. The summed E-state index contributed by atoms with van der Waals surface area (Å²) in [5.74, 6) is 1.00. The average Bonchev–Trinajstić information content (AvgIpc) is 3.05. The normalized spacial score (nSPS) is 17.6. The molecule has 0 saturated carbocycles. The van der Waals surface area contributed by atoms with E-state index in [1.165, 1.54) is 16.7 Å². The Kier molecular flexibility index (Phi) is 4.55. The van der Waals surface area contributed by atoms with Crippen molar-refractivity contribution in [3.05, 3.63) is 81.3 Å². The van der Waals surface area contributed by atoms with Crippen LogP contribution in [0.1, 0.15) is 34.2 Å². The van der Waals surface area contributed by atoms with Crippen LogP contribution in [-0.4, -0.2) is 16.4 Å². The van der Waals surface area contributed by atoms with E-state index in [0.717, 1.165) is 36.8 Å². The van der Waals surface area contributed by atoms with Crippen molar-refractivity contribution in [3.63, 3.8) is 0 Å². The van der Waals surface area contributed by atoms with Gasteiger partial charge < -0.3 is 4.74 Å². The second kappa shape index (κ2) is 6.98. The van der Waals surface area contributed by atoms with Gasteiger partial charge in [0.1, 0.15) is 11.9 Å². The van der Waals surface area contributed by atoms with E-state index in [0.29, 0.717) is 0 Å². The average molecular weight is 350 g/mol. The van der Waals surface area contributed by atoms with E-state index in [1.54, 1.807) is 11.3 Å². The third kappa shape index (κ3) is 3.75. The Labute approximate surface area is 152 Å². The van der Waals surface area contributed by atoms with E-state index in [-0.39, 0.29) is 6.10 Å². The summed E-state index contributed by atoms with van der Waals surface area (Å²) in [6.07, 6.45) is 0.0556.